The number of methoxy groups -OCH3 is 1. The van der Waals surface area contributed by atoms with Crippen LogP contribution in [0.2, 0.25) is 0 Å². The Bertz CT molecular complexity index is 1100. The minimum absolute atomic E-state index is 0.218. The summed E-state index contributed by atoms with van der Waals surface area (Å²) in [6, 6.07) is 17.9. The van der Waals surface area contributed by atoms with Crippen LogP contribution in [0.25, 0.3) is 6.08 Å². The lowest BCUT2D eigenvalue weighted by molar-refractivity contribution is -0.129. The summed E-state index contributed by atoms with van der Waals surface area (Å²) in [5.41, 5.74) is 4.92. The molecule has 1 N–H and O–H groups in total. The van der Waals surface area contributed by atoms with Gasteiger partial charge in [-0.1, -0.05) is 24.3 Å². The van der Waals surface area contributed by atoms with E-state index in [0.717, 1.165) is 17.0 Å². The maximum absolute atomic E-state index is 12.1. The van der Waals surface area contributed by atoms with Crippen LogP contribution in [-0.4, -0.2) is 29.8 Å². The highest BCUT2D eigenvalue weighted by molar-refractivity contribution is 5.89. The molecule has 0 aliphatic heterocycles. The largest absolute Gasteiger partial charge is 0.497 e. The molecular formula is C24H23N3O4. The molecule has 0 atom stereocenters. The van der Waals surface area contributed by atoms with Crippen molar-refractivity contribution in [3.8, 4) is 11.5 Å². The standard InChI is InChI=1S/C24H23N3O4/c1-27-14-4-6-20(27)16-23(28)26-25-17-19-5-3-7-22(15-19)31-24(29)13-10-18-8-11-21(30-2)12-9-18/h3-15,17H,16H2,1-2H3,(H,26,28). The van der Waals surface area contributed by atoms with Gasteiger partial charge in [-0.2, -0.15) is 5.10 Å². The summed E-state index contributed by atoms with van der Waals surface area (Å²) in [6.07, 6.45) is 6.62. The number of rotatable bonds is 8. The number of ether oxygens (including phenoxy) is 2. The summed E-state index contributed by atoms with van der Waals surface area (Å²) in [4.78, 5) is 24.0. The molecule has 0 saturated carbocycles. The number of nitrogens with one attached hydrogen (secondary N) is 1. The van der Waals surface area contributed by atoms with E-state index < -0.39 is 5.97 Å². The van der Waals surface area contributed by atoms with E-state index >= 15 is 0 Å². The minimum Gasteiger partial charge on any atom is -0.497 e. The zero-order chi connectivity index (χ0) is 22.1. The highest BCUT2D eigenvalue weighted by Crippen LogP contribution is 2.14. The lowest BCUT2D eigenvalue weighted by atomic mass is 10.2. The van der Waals surface area contributed by atoms with E-state index in [0.29, 0.717) is 11.3 Å². The van der Waals surface area contributed by atoms with Crippen LogP contribution in [0.4, 0.5) is 0 Å². The summed E-state index contributed by atoms with van der Waals surface area (Å²) in [5.74, 6) is 0.405. The smallest absolute Gasteiger partial charge is 0.336 e. The van der Waals surface area contributed by atoms with E-state index in [1.807, 2.05) is 54.2 Å². The Morgan fingerprint density at radius 1 is 1.03 bits per heavy atom. The Morgan fingerprint density at radius 2 is 1.84 bits per heavy atom. The molecule has 3 rings (SSSR count). The fraction of sp³-hybridized carbons (Fsp3) is 0.125. The molecule has 0 fully saturated rings. The molecule has 7 nitrogen and oxygen atoms in total. The zero-order valence-electron chi connectivity index (χ0n) is 17.3. The van der Waals surface area contributed by atoms with Crippen molar-refractivity contribution >= 4 is 24.2 Å². The van der Waals surface area contributed by atoms with Crippen LogP contribution >= 0.6 is 0 Å². The van der Waals surface area contributed by atoms with Crippen LogP contribution in [0, 0.1) is 0 Å². The summed E-state index contributed by atoms with van der Waals surface area (Å²) in [6.45, 7) is 0. The normalized spacial score (nSPS) is 11.0. The fourth-order valence-electron chi connectivity index (χ4n) is 2.75. The maximum Gasteiger partial charge on any atom is 0.336 e. The third-order valence-corrected chi connectivity index (χ3v) is 4.40. The van der Waals surface area contributed by atoms with Gasteiger partial charge in [0.2, 0.25) is 5.91 Å². The molecule has 1 amide bonds. The third kappa shape index (κ3) is 6.71. The van der Waals surface area contributed by atoms with Gasteiger partial charge < -0.3 is 14.0 Å². The lowest BCUT2D eigenvalue weighted by Crippen LogP contribution is -2.20. The Balaban J connectivity index is 1.52. The number of esters is 1. The van der Waals surface area contributed by atoms with Crippen LogP contribution in [-0.2, 0) is 23.1 Å². The summed E-state index contributed by atoms with van der Waals surface area (Å²) in [7, 11) is 3.48. The number of aromatic nitrogens is 1. The first kappa shape index (κ1) is 21.6. The van der Waals surface area contributed by atoms with Gasteiger partial charge in [0.25, 0.3) is 0 Å². The molecule has 158 valence electrons. The summed E-state index contributed by atoms with van der Waals surface area (Å²) in [5, 5.41) is 3.96. The molecule has 0 unspecified atom stereocenters. The van der Waals surface area contributed by atoms with Crippen LogP contribution < -0.4 is 14.9 Å². The van der Waals surface area contributed by atoms with Crippen molar-refractivity contribution in [3.05, 3.63) is 89.8 Å². The van der Waals surface area contributed by atoms with Gasteiger partial charge >= 0.3 is 5.97 Å². The average molecular weight is 417 g/mol. The van der Waals surface area contributed by atoms with Crippen molar-refractivity contribution in [1.82, 2.24) is 9.99 Å². The number of hydrogen-bond donors (Lipinski definition) is 1. The van der Waals surface area contributed by atoms with E-state index in [4.69, 9.17) is 9.47 Å². The Hall–Kier alpha value is -4.13. The van der Waals surface area contributed by atoms with E-state index in [1.54, 1.807) is 37.5 Å². The number of amides is 1. The van der Waals surface area contributed by atoms with Crippen LogP contribution in [0.15, 0.2) is 78.0 Å². The van der Waals surface area contributed by atoms with Crippen molar-refractivity contribution in [1.29, 1.82) is 0 Å². The molecule has 0 bridgehead atoms. The van der Waals surface area contributed by atoms with Crippen LogP contribution in [0.5, 0.6) is 11.5 Å². The van der Waals surface area contributed by atoms with Crippen molar-refractivity contribution in [3.63, 3.8) is 0 Å². The molecule has 1 aromatic heterocycles. The first-order chi connectivity index (χ1) is 15.0. The number of carbonyl (C=O) groups is 2. The third-order valence-electron chi connectivity index (χ3n) is 4.40. The highest BCUT2D eigenvalue weighted by atomic mass is 16.5. The van der Waals surface area contributed by atoms with E-state index in [1.165, 1.54) is 12.3 Å². The number of benzene rings is 2. The van der Waals surface area contributed by atoms with Crippen LogP contribution in [0.3, 0.4) is 0 Å². The topological polar surface area (TPSA) is 81.9 Å². The average Bonchev–Trinajstić information content (AvgIpc) is 3.17. The SMILES string of the molecule is COc1ccc(C=CC(=O)Oc2cccc(C=NNC(=O)Cc3cccn3C)c2)cc1. The molecule has 31 heavy (non-hydrogen) atoms. The second kappa shape index (κ2) is 10.6. The van der Waals surface area contributed by atoms with E-state index in [2.05, 4.69) is 10.5 Å². The molecule has 0 aliphatic rings. The molecule has 0 saturated heterocycles. The lowest BCUT2D eigenvalue weighted by Gasteiger charge is -2.03. The second-order valence-corrected chi connectivity index (χ2v) is 6.68. The van der Waals surface area contributed by atoms with Crippen molar-refractivity contribution in [2.75, 3.05) is 7.11 Å². The number of hydrogen-bond acceptors (Lipinski definition) is 5. The maximum atomic E-state index is 12.1. The van der Waals surface area contributed by atoms with E-state index in [9.17, 15) is 9.59 Å². The minimum atomic E-state index is -0.499. The Kier molecular flexibility index (Phi) is 7.37. The van der Waals surface area contributed by atoms with Gasteiger partial charge in [-0.3, -0.25) is 4.79 Å². The molecule has 7 heteroatoms. The fourth-order valence-corrected chi connectivity index (χ4v) is 2.75. The Labute approximate surface area is 180 Å². The van der Waals surface area contributed by atoms with Gasteiger partial charge in [0.15, 0.2) is 0 Å². The van der Waals surface area contributed by atoms with Gasteiger partial charge in [0.1, 0.15) is 11.5 Å². The van der Waals surface area contributed by atoms with Crippen LogP contribution in [0.1, 0.15) is 16.8 Å². The molecule has 1 heterocycles. The Morgan fingerprint density at radius 3 is 2.55 bits per heavy atom. The quantitative estimate of drug-likeness (QED) is 0.200. The summed E-state index contributed by atoms with van der Waals surface area (Å²) >= 11 is 0. The van der Waals surface area contributed by atoms with Gasteiger partial charge in [0.05, 0.1) is 19.7 Å². The van der Waals surface area contributed by atoms with Gasteiger partial charge in [-0.05, 0) is 53.6 Å². The molecular weight excluding hydrogens is 394 g/mol. The van der Waals surface area contributed by atoms with Gasteiger partial charge in [-0.25, -0.2) is 10.2 Å². The van der Waals surface area contributed by atoms with E-state index in [-0.39, 0.29) is 12.3 Å². The number of aryl methyl sites for hydroxylation is 1. The van der Waals surface area contributed by atoms with Crippen molar-refractivity contribution in [2.24, 2.45) is 12.1 Å². The summed E-state index contributed by atoms with van der Waals surface area (Å²) < 4.78 is 12.3. The highest BCUT2D eigenvalue weighted by Gasteiger charge is 2.05. The number of carbonyl (C=O) groups excluding carboxylic acids is 2. The second-order valence-electron chi connectivity index (χ2n) is 6.68. The first-order valence-corrected chi connectivity index (χ1v) is 9.59. The zero-order valence-corrected chi connectivity index (χ0v) is 17.3. The van der Waals surface area contributed by atoms with Gasteiger partial charge in [-0.15, -0.1) is 0 Å². The predicted octanol–water partition coefficient (Wildman–Crippen LogP) is 3.35. The molecule has 0 aliphatic carbocycles. The monoisotopic (exact) mass is 417 g/mol. The van der Waals surface area contributed by atoms with Gasteiger partial charge in [0, 0.05) is 25.0 Å². The molecule has 0 spiro atoms. The number of hydrazone groups is 1. The van der Waals surface area contributed by atoms with Crippen molar-refractivity contribution < 1.29 is 19.1 Å². The first-order valence-electron chi connectivity index (χ1n) is 9.59. The van der Waals surface area contributed by atoms with Crippen molar-refractivity contribution in [2.45, 2.75) is 6.42 Å². The predicted molar refractivity (Wildman–Crippen MR) is 119 cm³/mol. The molecule has 3 aromatic rings. The molecule has 2 aromatic carbocycles. The number of nitrogens with zero attached hydrogens (tertiary/aromatic N) is 2. The molecule has 0 radical (unpaired) electrons.